The smallest absolute Gasteiger partial charge is 0.449 e. The van der Waals surface area contributed by atoms with E-state index < -0.39 is 17.8 Å². The molecule has 3 nitrogen and oxygen atoms in total. The molecule has 106 valence electrons. The van der Waals surface area contributed by atoms with E-state index in [0.29, 0.717) is 11.6 Å². The van der Waals surface area contributed by atoms with Gasteiger partial charge in [-0.2, -0.15) is 13.2 Å². The number of hydrogen-bond donors (Lipinski definition) is 1. The molecule has 1 aromatic heterocycles. The minimum Gasteiger partial charge on any atom is -0.451 e. The Labute approximate surface area is 126 Å². The van der Waals surface area contributed by atoms with Crippen LogP contribution in [0.4, 0.5) is 13.2 Å². The lowest BCUT2D eigenvalue weighted by molar-refractivity contribution is -0.152. The van der Waals surface area contributed by atoms with Crippen molar-refractivity contribution in [2.24, 2.45) is 5.73 Å². The summed E-state index contributed by atoms with van der Waals surface area (Å²) >= 11 is 2.05. The number of halogens is 4. The second kappa shape index (κ2) is 5.12. The zero-order chi connectivity index (χ0) is 15.1. The largest absolute Gasteiger partial charge is 0.451 e. The average molecular weight is 395 g/mol. The third-order valence-electron chi connectivity index (χ3n) is 2.71. The van der Waals surface area contributed by atoms with Crippen molar-refractivity contribution in [3.8, 4) is 11.3 Å². The van der Waals surface area contributed by atoms with E-state index >= 15 is 0 Å². The first-order valence-electron chi connectivity index (χ1n) is 5.47. The molecule has 7 heteroatoms. The maximum absolute atomic E-state index is 12.7. The highest BCUT2D eigenvalue weighted by Crippen LogP contribution is 2.37. The predicted octanol–water partition coefficient (Wildman–Crippen LogP) is 3.98. The Morgan fingerprint density at radius 2 is 1.95 bits per heavy atom. The summed E-state index contributed by atoms with van der Waals surface area (Å²) in [6.45, 7) is 1.86. The van der Waals surface area contributed by atoms with Gasteiger partial charge < -0.3 is 10.2 Å². The first-order valence-corrected chi connectivity index (χ1v) is 6.55. The highest BCUT2D eigenvalue weighted by Gasteiger charge is 2.37. The van der Waals surface area contributed by atoms with Gasteiger partial charge in [0.1, 0.15) is 5.76 Å². The van der Waals surface area contributed by atoms with Crippen molar-refractivity contribution < 1.29 is 22.4 Å². The molecule has 0 saturated heterocycles. The van der Waals surface area contributed by atoms with Gasteiger partial charge in [-0.3, -0.25) is 4.79 Å². The first kappa shape index (κ1) is 14.9. The van der Waals surface area contributed by atoms with Crippen LogP contribution in [0.25, 0.3) is 11.3 Å². The van der Waals surface area contributed by atoms with E-state index in [9.17, 15) is 18.0 Å². The topological polar surface area (TPSA) is 56.2 Å². The number of hydrogen-bond acceptors (Lipinski definition) is 2. The van der Waals surface area contributed by atoms with Gasteiger partial charge in [0.2, 0.25) is 5.76 Å². The number of alkyl halides is 3. The van der Waals surface area contributed by atoms with Gasteiger partial charge in [-0.15, -0.1) is 0 Å². The molecule has 0 bridgehead atoms. The molecular formula is C13H9F3INO2. The van der Waals surface area contributed by atoms with Crippen LogP contribution in [0.2, 0.25) is 0 Å². The van der Waals surface area contributed by atoms with Gasteiger partial charge in [0, 0.05) is 15.2 Å². The number of nitrogens with two attached hydrogens (primary N) is 1. The molecule has 1 amide bonds. The maximum atomic E-state index is 12.7. The molecule has 0 spiro atoms. The fourth-order valence-corrected chi connectivity index (χ4v) is 2.18. The monoisotopic (exact) mass is 395 g/mol. The number of carbonyl (C=O) groups excluding carboxylic acids is 1. The summed E-state index contributed by atoms with van der Waals surface area (Å²) in [5.41, 5.74) is 6.18. The van der Waals surface area contributed by atoms with Crippen molar-refractivity contribution >= 4 is 28.5 Å². The Bertz CT molecular complexity index is 677. The number of carbonyl (C=O) groups is 1. The van der Waals surface area contributed by atoms with Crippen LogP contribution < -0.4 is 5.73 Å². The van der Waals surface area contributed by atoms with Gasteiger partial charge in [-0.1, -0.05) is 12.1 Å². The van der Waals surface area contributed by atoms with Gasteiger partial charge in [0.05, 0.1) is 5.56 Å². The van der Waals surface area contributed by atoms with Gasteiger partial charge in [-0.05, 0) is 41.1 Å². The standard InChI is InChI=1S/C13H9F3INO2/c1-6-2-3-7(4-9(6)17)11-8(12(18)19)5-10(20-11)13(14,15)16/h2-5H,1H3,(H2,18,19). The second-order valence-corrected chi connectivity index (χ2v) is 5.34. The summed E-state index contributed by atoms with van der Waals surface area (Å²) in [6.07, 6.45) is -4.67. The molecule has 0 radical (unpaired) electrons. The van der Waals surface area contributed by atoms with Crippen LogP contribution in [-0.4, -0.2) is 5.91 Å². The fourth-order valence-electron chi connectivity index (χ4n) is 1.66. The number of rotatable bonds is 2. The Morgan fingerprint density at radius 1 is 1.30 bits per heavy atom. The molecule has 0 aliphatic rings. The summed E-state index contributed by atoms with van der Waals surface area (Å²) < 4.78 is 43.6. The molecule has 0 aliphatic heterocycles. The van der Waals surface area contributed by atoms with E-state index in [1.807, 2.05) is 29.5 Å². The number of amides is 1. The fraction of sp³-hybridized carbons (Fsp3) is 0.154. The van der Waals surface area contributed by atoms with Crippen LogP contribution in [-0.2, 0) is 6.18 Å². The number of aryl methyl sites for hydroxylation is 1. The van der Waals surface area contributed by atoms with E-state index in [2.05, 4.69) is 0 Å². The average Bonchev–Trinajstić information content (AvgIpc) is 2.77. The van der Waals surface area contributed by atoms with Crippen molar-refractivity contribution in [2.45, 2.75) is 13.1 Å². The van der Waals surface area contributed by atoms with E-state index in [-0.39, 0.29) is 11.3 Å². The van der Waals surface area contributed by atoms with Crippen molar-refractivity contribution in [3.63, 3.8) is 0 Å². The molecule has 2 rings (SSSR count). The SMILES string of the molecule is Cc1ccc(-c2oc(C(F)(F)F)cc2C(N)=O)cc1I. The van der Waals surface area contributed by atoms with Crippen molar-refractivity contribution in [1.82, 2.24) is 0 Å². The summed E-state index contributed by atoms with van der Waals surface area (Å²) in [5.74, 6) is -2.37. The molecule has 0 fully saturated rings. The highest BCUT2D eigenvalue weighted by atomic mass is 127. The lowest BCUT2D eigenvalue weighted by Gasteiger charge is -2.04. The zero-order valence-electron chi connectivity index (χ0n) is 10.2. The molecule has 1 aromatic carbocycles. The van der Waals surface area contributed by atoms with Gasteiger partial charge in [0.15, 0.2) is 0 Å². The normalized spacial score (nSPS) is 11.7. The van der Waals surface area contributed by atoms with Crippen LogP contribution in [0.3, 0.4) is 0 Å². The van der Waals surface area contributed by atoms with Gasteiger partial charge >= 0.3 is 6.18 Å². The van der Waals surface area contributed by atoms with E-state index in [4.69, 9.17) is 10.2 Å². The Hall–Kier alpha value is -1.51. The third-order valence-corrected chi connectivity index (χ3v) is 3.87. The van der Waals surface area contributed by atoms with Crippen LogP contribution in [0.15, 0.2) is 28.7 Å². The van der Waals surface area contributed by atoms with Crippen LogP contribution in [0.1, 0.15) is 21.7 Å². The summed E-state index contributed by atoms with van der Waals surface area (Å²) in [5, 5.41) is 0. The highest BCUT2D eigenvalue weighted by molar-refractivity contribution is 14.1. The van der Waals surface area contributed by atoms with Crippen LogP contribution >= 0.6 is 22.6 Å². The van der Waals surface area contributed by atoms with Crippen LogP contribution in [0, 0.1) is 10.5 Å². The van der Waals surface area contributed by atoms with Crippen molar-refractivity contribution in [1.29, 1.82) is 0 Å². The predicted molar refractivity (Wildman–Crippen MR) is 75.1 cm³/mol. The molecule has 20 heavy (non-hydrogen) atoms. The number of furan rings is 1. The minimum absolute atomic E-state index is 0.164. The second-order valence-electron chi connectivity index (χ2n) is 4.18. The quantitative estimate of drug-likeness (QED) is 0.783. The Morgan fingerprint density at radius 3 is 2.45 bits per heavy atom. The first-order chi connectivity index (χ1) is 9.20. The zero-order valence-corrected chi connectivity index (χ0v) is 12.4. The summed E-state index contributed by atoms with van der Waals surface area (Å²) in [7, 11) is 0. The maximum Gasteiger partial charge on any atom is 0.449 e. The van der Waals surface area contributed by atoms with Crippen molar-refractivity contribution in [2.75, 3.05) is 0 Å². The Kier molecular flexibility index (Phi) is 3.81. The number of primary amides is 1. The third kappa shape index (κ3) is 2.82. The van der Waals surface area contributed by atoms with Crippen molar-refractivity contribution in [3.05, 3.63) is 44.7 Å². The molecule has 2 N–H and O–H groups in total. The minimum atomic E-state index is -4.67. The molecular weight excluding hydrogens is 386 g/mol. The molecule has 1 heterocycles. The molecule has 0 saturated carbocycles. The molecule has 2 aromatic rings. The molecule has 0 atom stereocenters. The van der Waals surface area contributed by atoms with E-state index in [0.717, 1.165) is 9.13 Å². The van der Waals surface area contributed by atoms with Gasteiger partial charge in [-0.25, -0.2) is 0 Å². The van der Waals surface area contributed by atoms with E-state index in [1.54, 1.807) is 18.2 Å². The molecule has 0 aliphatic carbocycles. The van der Waals surface area contributed by atoms with Gasteiger partial charge in [0.25, 0.3) is 5.91 Å². The van der Waals surface area contributed by atoms with E-state index in [1.165, 1.54) is 0 Å². The molecule has 0 unspecified atom stereocenters. The lowest BCUT2D eigenvalue weighted by Crippen LogP contribution is -2.11. The summed E-state index contributed by atoms with van der Waals surface area (Å²) in [6, 6.07) is 5.59. The summed E-state index contributed by atoms with van der Waals surface area (Å²) in [4.78, 5) is 11.3. The Balaban J connectivity index is 2.63. The van der Waals surface area contributed by atoms with Crippen LogP contribution in [0.5, 0.6) is 0 Å². The number of benzene rings is 1. The lowest BCUT2D eigenvalue weighted by atomic mass is 10.1.